The molecule has 11 heavy (non-hydrogen) atoms. The molecule has 0 aliphatic heterocycles. The van der Waals surface area contributed by atoms with Gasteiger partial charge in [-0.1, -0.05) is 6.92 Å². The van der Waals surface area contributed by atoms with Gasteiger partial charge < -0.3 is 0 Å². The molecule has 0 unspecified atom stereocenters. The summed E-state index contributed by atoms with van der Waals surface area (Å²) < 4.78 is 0. The van der Waals surface area contributed by atoms with Crippen LogP contribution in [0.25, 0.3) is 0 Å². The zero-order valence-electron chi connectivity index (χ0n) is 6.76. The monoisotopic (exact) mass is 146 g/mol. The Labute approximate surface area is 66.5 Å². The molecule has 0 saturated carbocycles. The van der Waals surface area contributed by atoms with Crippen molar-refractivity contribution >= 4 is 0 Å². The van der Waals surface area contributed by atoms with Gasteiger partial charge in [0.2, 0.25) is 0 Å². The molecule has 0 radical (unpaired) electrons. The Balaban J connectivity index is 3.15. The standard InChI is InChI=1S/C9H10N2/c1-3-8-4-9(5-10)7(2)11-6-8/h4,6H,3H2,1-2H3. The van der Waals surface area contributed by atoms with Crippen molar-refractivity contribution in [3.05, 3.63) is 29.1 Å². The summed E-state index contributed by atoms with van der Waals surface area (Å²) >= 11 is 0. The lowest BCUT2D eigenvalue weighted by Gasteiger charge is -1.98. The maximum Gasteiger partial charge on any atom is 0.101 e. The summed E-state index contributed by atoms with van der Waals surface area (Å²) in [6.45, 7) is 3.89. The van der Waals surface area contributed by atoms with Crippen LogP contribution in [0.1, 0.15) is 23.7 Å². The quantitative estimate of drug-likeness (QED) is 0.606. The topological polar surface area (TPSA) is 36.7 Å². The normalized spacial score (nSPS) is 9.18. The van der Waals surface area contributed by atoms with E-state index in [0.717, 1.165) is 17.7 Å². The van der Waals surface area contributed by atoms with Crippen molar-refractivity contribution in [3.8, 4) is 6.07 Å². The van der Waals surface area contributed by atoms with Crippen LogP contribution in [0.3, 0.4) is 0 Å². The first kappa shape index (κ1) is 7.74. The molecule has 1 rings (SSSR count). The molecule has 2 heteroatoms. The summed E-state index contributed by atoms with van der Waals surface area (Å²) in [5.41, 5.74) is 2.61. The van der Waals surface area contributed by atoms with Crippen molar-refractivity contribution in [1.82, 2.24) is 4.98 Å². The van der Waals surface area contributed by atoms with Crippen LogP contribution < -0.4 is 0 Å². The van der Waals surface area contributed by atoms with E-state index < -0.39 is 0 Å². The third-order valence-electron chi connectivity index (χ3n) is 1.67. The maximum absolute atomic E-state index is 8.65. The lowest BCUT2D eigenvalue weighted by Crippen LogP contribution is -1.90. The van der Waals surface area contributed by atoms with E-state index in [1.807, 2.05) is 26.1 Å². The zero-order valence-corrected chi connectivity index (χ0v) is 6.76. The number of nitriles is 1. The second-order valence-electron chi connectivity index (χ2n) is 2.44. The summed E-state index contributed by atoms with van der Waals surface area (Å²) in [4.78, 5) is 4.10. The first-order valence-corrected chi connectivity index (χ1v) is 3.63. The molecule has 0 amide bonds. The first-order valence-electron chi connectivity index (χ1n) is 3.63. The molecular weight excluding hydrogens is 136 g/mol. The molecule has 0 atom stereocenters. The van der Waals surface area contributed by atoms with Gasteiger partial charge in [0.1, 0.15) is 6.07 Å². The Bertz CT molecular complexity index is 297. The summed E-state index contributed by atoms with van der Waals surface area (Å²) in [6, 6.07) is 4.00. The van der Waals surface area contributed by atoms with E-state index in [9.17, 15) is 0 Å². The summed E-state index contributed by atoms with van der Waals surface area (Å²) in [7, 11) is 0. The van der Waals surface area contributed by atoms with Crippen LogP contribution in [0.15, 0.2) is 12.3 Å². The van der Waals surface area contributed by atoms with E-state index in [1.54, 1.807) is 0 Å². The van der Waals surface area contributed by atoms with E-state index in [-0.39, 0.29) is 0 Å². The Morgan fingerprint density at radius 1 is 1.64 bits per heavy atom. The van der Waals surface area contributed by atoms with E-state index in [0.29, 0.717) is 5.56 Å². The average Bonchev–Trinajstić information content (AvgIpc) is 2.05. The molecule has 56 valence electrons. The van der Waals surface area contributed by atoms with Gasteiger partial charge in [0.05, 0.1) is 11.3 Å². The van der Waals surface area contributed by atoms with E-state index in [1.165, 1.54) is 0 Å². The molecule has 0 spiro atoms. The third-order valence-corrected chi connectivity index (χ3v) is 1.67. The smallest absolute Gasteiger partial charge is 0.101 e. The minimum atomic E-state index is 0.685. The van der Waals surface area contributed by atoms with Gasteiger partial charge in [-0.15, -0.1) is 0 Å². The van der Waals surface area contributed by atoms with Crippen molar-refractivity contribution in [2.45, 2.75) is 20.3 Å². The number of pyridine rings is 1. The summed E-state index contributed by atoms with van der Waals surface area (Å²) in [6.07, 6.45) is 2.75. The largest absolute Gasteiger partial charge is 0.260 e. The van der Waals surface area contributed by atoms with Crippen LogP contribution in [0.2, 0.25) is 0 Å². The minimum Gasteiger partial charge on any atom is -0.260 e. The predicted molar refractivity (Wildman–Crippen MR) is 43.1 cm³/mol. The van der Waals surface area contributed by atoms with Crippen LogP contribution >= 0.6 is 0 Å². The molecule has 0 aromatic carbocycles. The lowest BCUT2D eigenvalue weighted by atomic mass is 10.1. The highest BCUT2D eigenvalue weighted by Gasteiger charge is 1.97. The van der Waals surface area contributed by atoms with Crippen molar-refractivity contribution in [3.63, 3.8) is 0 Å². The van der Waals surface area contributed by atoms with Gasteiger partial charge in [-0.05, 0) is 25.0 Å². The molecule has 0 bridgehead atoms. The van der Waals surface area contributed by atoms with Gasteiger partial charge in [-0.3, -0.25) is 4.98 Å². The lowest BCUT2D eigenvalue weighted by molar-refractivity contribution is 1.07. The molecule has 0 aliphatic rings. The highest BCUT2D eigenvalue weighted by Crippen LogP contribution is 2.06. The molecule has 0 saturated heterocycles. The fourth-order valence-electron chi connectivity index (χ4n) is 0.883. The van der Waals surface area contributed by atoms with Gasteiger partial charge in [-0.2, -0.15) is 5.26 Å². The fourth-order valence-corrected chi connectivity index (χ4v) is 0.883. The van der Waals surface area contributed by atoms with Crippen molar-refractivity contribution in [2.24, 2.45) is 0 Å². The SMILES string of the molecule is CCc1cnc(C)c(C#N)c1. The highest BCUT2D eigenvalue weighted by molar-refractivity contribution is 5.34. The second kappa shape index (κ2) is 3.16. The van der Waals surface area contributed by atoms with E-state index in [2.05, 4.69) is 11.1 Å². The number of hydrogen-bond donors (Lipinski definition) is 0. The number of rotatable bonds is 1. The average molecular weight is 146 g/mol. The minimum absolute atomic E-state index is 0.685. The van der Waals surface area contributed by atoms with Gasteiger partial charge in [-0.25, -0.2) is 0 Å². The third kappa shape index (κ3) is 1.56. The van der Waals surface area contributed by atoms with Crippen LogP contribution in [0.4, 0.5) is 0 Å². The van der Waals surface area contributed by atoms with Crippen LogP contribution in [-0.2, 0) is 6.42 Å². The number of aryl methyl sites for hydroxylation is 2. The van der Waals surface area contributed by atoms with Crippen molar-refractivity contribution in [1.29, 1.82) is 5.26 Å². The molecule has 1 aromatic rings. The highest BCUT2D eigenvalue weighted by atomic mass is 14.7. The Morgan fingerprint density at radius 2 is 2.36 bits per heavy atom. The van der Waals surface area contributed by atoms with E-state index in [4.69, 9.17) is 5.26 Å². The van der Waals surface area contributed by atoms with Gasteiger partial charge in [0, 0.05) is 6.20 Å². The van der Waals surface area contributed by atoms with Crippen molar-refractivity contribution in [2.75, 3.05) is 0 Å². The molecular formula is C9H10N2. The molecule has 0 N–H and O–H groups in total. The summed E-state index contributed by atoms with van der Waals surface area (Å²) in [5, 5.41) is 8.65. The van der Waals surface area contributed by atoms with Crippen LogP contribution in [-0.4, -0.2) is 4.98 Å². The Kier molecular flexibility index (Phi) is 2.22. The Hall–Kier alpha value is -1.36. The van der Waals surface area contributed by atoms with Gasteiger partial charge >= 0.3 is 0 Å². The van der Waals surface area contributed by atoms with Gasteiger partial charge in [0.25, 0.3) is 0 Å². The molecule has 0 aliphatic carbocycles. The molecule has 1 heterocycles. The fraction of sp³-hybridized carbons (Fsp3) is 0.333. The van der Waals surface area contributed by atoms with Crippen molar-refractivity contribution < 1.29 is 0 Å². The molecule has 2 nitrogen and oxygen atoms in total. The second-order valence-corrected chi connectivity index (χ2v) is 2.44. The first-order chi connectivity index (χ1) is 5.27. The zero-order chi connectivity index (χ0) is 8.27. The number of aromatic nitrogens is 1. The number of hydrogen-bond acceptors (Lipinski definition) is 2. The van der Waals surface area contributed by atoms with Crippen LogP contribution in [0, 0.1) is 18.3 Å². The predicted octanol–water partition coefficient (Wildman–Crippen LogP) is 1.82. The molecule has 1 aromatic heterocycles. The maximum atomic E-state index is 8.65. The van der Waals surface area contributed by atoms with E-state index >= 15 is 0 Å². The van der Waals surface area contributed by atoms with Crippen LogP contribution in [0.5, 0.6) is 0 Å². The Morgan fingerprint density at radius 3 is 2.91 bits per heavy atom. The van der Waals surface area contributed by atoms with Gasteiger partial charge in [0.15, 0.2) is 0 Å². The molecule has 0 fully saturated rings. The summed E-state index contributed by atoms with van der Waals surface area (Å²) in [5.74, 6) is 0. The number of nitrogens with zero attached hydrogens (tertiary/aromatic N) is 2.